The van der Waals surface area contributed by atoms with E-state index in [4.69, 9.17) is 0 Å². The van der Waals surface area contributed by atoms with Gasteiger partial charge < -0.3 is 15.1 Å². The van der Waals surface area contributed by atoms with E-state index in [1.807, 2.05) is 35.2 Å². The van der Waals surface area contributed by atoms with Crippen LogP contribution in [-0.2, 0) is 20.9 Å². The molecular weight excluding hydrogens is 318 g/mol. The first-order chi connectivity index (χ1) is 12.0. The molecule has 0 unspecified atom stereocenters. The summed E-state index contributed by atoms with van der Waals surface area (Å²) >= 11 is 0. The summed E-state index contributed by atoms with van der Waals surface area (Å²) in [5.74, 6) is -0.0388. The van der Waals surface area contributed by atoms with Gasteiger partial charge in [0, 0.05) is 38.5 Å². The zero-order valence-electron chi connectivity index (χ0n) is 14.7. The summed E-state index contributed by atoms with van der Waals surface area (Å²) in [5, 5.41) is 2.56. The fourth-order valence-electron chi connectivity index (χ4n) is 3.90. The number of likely N-dealkylation sites (tertiary alicyclic amines) is 2. The van der Waals surface area contributed by atoms with Gasteiger partial charge in [-0.2, -0.15) is 0 Å². The van der Waals surface area contributed by atoms with E-state index >= 15 is 0 Å². The fraction of sp³-hybridized carbons (Fsp3) is 0.526. The monoisotopic (exact) mass is 343 g/mol. The molecule has 25 heavy (non-hydrogen) atoms. The number of piperidine rings is 1. The summed E-state index contributed by atoms with van der Waals surface area (Å²) < 4.78 is 0. The summed E-state index contributed by atoms with van der Waals surface area (Å²) in [6.07, 6.45) is 3.06. The maximum atomic E-state index is 12.4. The summed E-state index contributed by atoms with van der Waals surface area (Å²) in [4.78, 5) is 39.4. The molecular formula is C19H25N3O3. The van der Waals surface area contributed by atoms with Gasteiger partial charge in [-0.05, 0) is 24.8 Å². The molecule has 0 saturated carbocycles. The van der Waals surface area contributed by atoms with Crippen LogP contribution in [0.4, 0.5) is 0 Å². The second-order valence-electron chi connectivity index (χ2n) is 6.98. The first kappa shape index (κ1) is 17.5. The van der Waals surface area contributed by atoms with Crippen molar-refractivity contribution in [2.45, 2.75) is 44.7 Å². The molecule has 2 saturated heterocycles. The summed E-state index contributed by atoms with van der Waals surface area (Å²) in [6, 6.07) is 10.1. The Labute approximate surface area is 148 Å². The van der Waals surface area contributed by atoms with Gasteiger partial charge >= 0.3 is 0 Å². The molecule has 1 aromatic carbocycles. The van der Waals surface area contributed by atoms with Crippen LogP contribution in [0.25, 0.3) is 0 Å². The van der Waals surface area contributed by atoms with Crippen molar-refractivity contribution >= 4 is 17.7 Å². The molecule has 0 bridgehead atoms. The highest BCUT2D eigenvalue weighted by Gasteiger charge is 2.47. The molecule has 2 aliphatic heterocycles. The summed E-state index contributed by atoms with van der Waals surface area (Å²) in [7, 11) is 0. The number of carbonyl (C=O) groups excluding carboxylic acids is 3. The third kappa shape index (κ3) is 3.83. The summed E-state index contributed by atoms with van der Waals surface area (Å²) in [6.45, 7) is 3.37. The summed E-state index contributed by atoms with van der Waals surface area (Å²) in [5.41, 5.74) is 1.01. The number of benzene rings is 1. The minimum absolute atomic E-state index is 0.0506. The van der Waals surface area contributed by atoms with Crippen molar-refractivity contribution in [1.82, 2.24) is 15.1 Å². The van der Waals surface area contributed by atoms with Crippen LogP contribution in [0.5, 0.6) is 0 Å². The van der Waals surface area contributed by atoms with Gasteiger partial charge in [-0.15, -0.1) is 0 Å². The van der Waals surface area contributed by atoms with E-state index in [1.54, 1.807) is 4.90 Å². The van der Waals surface area contributed by atoms with E-state index in [-0.39, 0.29) is 29.8 Å². The van der Waals surface area contributed by atoms with Crippen molar-refractivity contribution in [2.24, 2.45) is 0 Å². The minimum Gasteiger partial charge on any atom is -0.347 e. The molecule has 6 heteroatoms. The molecule has 6 nitrogen and oxygen atoms in total. The number of nitrogens with one attached hydrogen (secondary N) is 1. The Kier molecular flexibility index (Phi) is 5.06. The molecule has 0 atom stereocenters. The SMILES string of the molecule is CC(=O)NCC(=O)N1CCC2(CCC(=O)N2Cc2ccccc2)CC1. The highest BCUT2D eigenvalue weighted by Crippen LogP contribution is 2.40. The quantitative estimate of drug-likeness (QED) is 0.896. The van der Waals surface area contributed by atoms with Gasteiger partial charge in [-0.1, -0.05) is 30.3 Å². The average Bonchev–Trinajstić information content (AvgIpc) is 2.91. The predicted molar refractivity (Wildman–Crippen MR) is 93.5 cm³/mol. The van der Waals surface area contributed by atoms with Gasteiger partial charge in [-0.25, -0.2) is 0 Å². The molecule has 134 valence electrons. The molecule has 2 heterocycles. The van der Waals surface area contributed by atoms with Gasteiger partial charge in [-0.3, -0.25) is 14.4 Å². The van der Waals surface area contributed by atoms with E-state index in [9.17, 15) is 14.4 Å². The van der Waals surface area contributed by atoms with Crippen LogP contribution in [-0.4, -0.2) is 52.7 Å². The number of hydrogen-bond donors (Lipinski definition) is 1. The van der Waals surface area contributed by atoms with Crippen LogP contribution in [0.2, 0.25) is 0 Å². The van der Waals surface area contributed by atoms with Gasteiger partial charge in [0.05, 0.1) is 6.54 Å². The molecule has 0 aliphatic carbocycles. The lowest BCUT2D eigenvalue weighted by atomic mass is 9.84. The van der Waals surface area contributed by atoms with Crippen molar-refractivity contribution in [3.8, 4) is 0 Å². The van der Waals surface area contributed by atoms with E-state index in [1.165, 1.54) is 6.92 Å². The number of carbonyl (C=O) groups is 3. The smallest absolute Gasteiger partial charge is 0.241 e. The van der Waals surface area contributed by atoms with Gasteiger partial charge in [0.15, 0.2) is 0 Å². The van der Waals surface area contributed by atoms with Crippen LogP contribution in [0.15, 0.2) is 30.3 Å². The number of nitrogens with zero attached hydrogens (tertiary/aromatic N) is 2. The van der Waals surface area contributed by atoms with Crippen molar-refractivity contribution in [3.05, 3.63) is 35.9 Å². The molecule has 3 amide bonds. The van der Waals surface area contributed by atoms with Crippen molar-refractivity contribution in [1.29, 1.82) is 0 Å². The standard InChI is InChI=1S/C19H25N3O3/c1-15(23)20-13-18(25)21-11-9-19(10-12-21)8-7-17(24)22(19)14-16-5-3-2-4-6-16/h2-6H,7-14H2,1H3,(H,20,23). The Morgan fingerprint density at radius 3 is 2.44 bits per heavy atom. The van der Waals surface area contributed by atoms with Crippen molar-refractivity contribution < 1.29 is 14.4 Å². The first-order valence-corrected chi connectivity index (χ1v) is 8.87. The Bertz CT molecular complexity index is 651. The second kappa shape index (κ2) is 7.25. The van der Waals surface area contributed by atoms with E-state index in [0.717, 1.165) is 24.8 Å². The average molecular weight is 343 g/mol. The maximum absolute atomic E-state index is 12.4. The van der Waals surface area contributed by atoms with E-state index in [2.05, 4.69) is 5.32 Å². The van der Waals surface area contributed by atoms with Gasteiger partial charge in [0.2, 0.25) is 17.7 Å². The lowest BCUT2D eigenvalue weighted by Crippen LogP contribution is -2.54. The van der Waals surface area contributed by atoms with Crippen molar-refractivity contribution in [2.75, 3.05) is 19.6 Å². The molecule has 1 aromatic rings. The zero-order chi connectivity index (χ0) is 17.9. The maximum Gasteiger partial charge on any atom is 0.241 e. The topological polar surface area (TPSA) is 69.7 Å². The number of rotatable bonds is 4. The fourth-order valence-corrected chi connectivity index (χ4v) is 3.90. The minimum atomic E-state index is -0.197. The van der Waals surface area contributed by atoms with E-state index in [0.29, 0.717) is 26.1 Å². The van der Waals surface area contributed by atoms with Gasteiger partial charge in [0.25, 0.3) is 0 Å². The Morgan fingerprint density at radius 2 is 1.80 bits per heavy atom. The van der Waals surface area contributed by atoms with Crippen LogP contribution in [0.3, 0.4) is 0 Å². The number of hydrogen-bond acceptors (Lipinski definition) is 3. The molecule has 2 aliphatic rings. The van der Waals surface area contributed by atoms with Crippen molar-refractivity contribution in [3.63, 3.8) is 0 Å². The molecule has 0 radical (unpaired) electrons. The third-order valence-electron chi connectivity index (χ3n) is 5.40. The second-order valence-corrected chi connectivity index (χ2v) is 6.98. The number of amides is 3. The first-order valence-electron chi connectivity index (χ1n) is 8.87. The van der Waals surface area contributed by atoms with Crippen LogP contribution in [0.1, 0.15) is 38.2 Å². The van der Waals surface area contributed by atoms with E-state index < -0.39 is 0 Å². The predicted octanol–water partition coefficient (Wildman–Crippen LogP) is 1.31. The largest absolute Gasteiger partial charge is 0.347 e. The highest BCUT2D eigenvalue weighted by molar-refractivity contribution is 5.84. The van der Waals surface area contributed by atoms with Crippen LogP contribution < -0.4 is 5.32 Å². The Hall–Kier alpha value is -2.37. The van der Waals surface area contributed by atoms with Gasteiger partial charge in [0.1, 0.15) is 0 Å². The third-order valence-corrected chi connectivity index (χ3v) is 5.40. The Balaban J connectivity index is 1.63. The Morgan fingerprint density at radius 1 is 1.12 bits per heavy atom. The molecule has 2 fully saturated rings. The molecule has 1 N–H and O–H groups in total. The molecule has 0 aromatic heterocycles. The molecule has 3 rings (SSSR count). The normalized spacial score (nSPS) is 19.3. The lowest BCUT2D eigenvalue weighted by molar-refractivity contribution is -0.137. The zero-order valence-corrected chi connectivity index (χ0v) is 14.7. The molecule has 1 spiro atoms. The van der Waals surface area contributed by atoms with Crippen LogP contribution in [0, 0.1) is 0 Å². The lowest BCUT2D eigenvalue weighted by Gasteiger charge is -2.45. The highest BCUT2D eigenvalue weighted by atomic mass is 16.2. The van der Waals surface area contributed by atoms with Crippen LogP contribution >= 0.6 is 0 Å².